The lowest BCUT2D eigenvalue weighted by molar-refractivity contribution is 0.0368. The molecule has 1 aromatic rings. The number of aliphatic imine (C=N–C) groups is 1. The lowest BCUT2D eigenvalue weighted by atomic mass is 9.83. The van der Waals surface area contributed by atoms with Gasteiger partial charge in [-0.1, -0.05) is 12.8 Å². The van der Waals surface area contributed by atoms with Crippen LogP contribution in [0.2, 0.25) is 0 Å². The van der Waals surface area contributed by atoms with E-state index in [0.717, 1.165) is 43.3 Å². The summed E-state index contributed by atoms with van der Waals surface area (Å²) in [6, 6.07) is 6.38. The molecule has 2 aliphatic heterocycles. The fourth-order valence-corrected chi connectivity index (χ4v) is 5.71. The standard InChI is InChI=1S/C23H36N4O/c1-2-7-19(6-1)25-23(24-13-11-21-8-4-16-28-21)26-15-12-22-18(17-26)5-3-14-27(22)20-9-10-20/h4,8,16,18-20,22H,1-3,5-7,9-15,17H2,(H,24,25). The molecule has 2 unspecified atom stereocenters. The normalized spacial score (nSPS) is 29.9. The number of rotatable bonds is 5. The largest absolute Gasteiger partial charge is 0.469 e. The fourth-order valence-electron chi connectivity index (χ4n) is 5.71. The maximum absolute atomic E-state index is 5.50. The third-order valence-corrected chi connectivity index (χ3v) is 7.31. The number of hydrogen-bond acceptors (Lipinski definition) is 3. The molecule has 154 valence electrons. The Hall–Kier alpha value is -1.49. The Kier molecular flexibility index (Phi) is 5.61. The molecule has 0 amide bonds. The molecule has 2 atom stereocenters. The summed E-state index contributed by atoms with van der Waals surface area (Å²) in [6.07, 6.45) is 14.9. The van der Waals surface area contributed by atoms with Gasteiger partial charge in [-0.15, -0.1) is 0 Å². The molecular formula is C23H36N4O. The number of guanidine groups is 1. The van der Waals surface area contributed by atoms with Crippen molar-refractivity contribution in [3.05, 3.63) is 24.2 Å². The Bertz CT molecular complexity index is 648. The molecular weight excluding hydrogens is 348 g/mol. The quantitative estimate of drug-likeness (QED) is 0.622. The summed E-state index contributed by atoms with van der Waals surface area (Å²) in [6.45, 7) is 4.49. The molecule has 1 aromatic heterocycles. The van der Waals surface area contributed by atoms with Crippen LogP contribution in [0.4, 0.5) is 0 Å². The summed E-state index contributed by atoms with van der Waals surface area (Å²) < 4.78 is 5.50. The zero-order valence-electron chi connectivity index (χ0n) is 17.2. The van der Waals surface area contributed by atoms with Gasteiger partial charge in [0.1, 0.15) is 5.76 Å². The first-order valence-corrected chi connectivity index (χ1v) is 11.7. The van der Waals surface area contributed by atoms with Crippen LogP contribution in [0, 0.1) is 5.92 Å². The van der Waals surface area contributed by atoms with Gasteiger partial charge in [-0.3, -0.25) is 9.89 Å². The second kappa shape index (κ2) is 8.48. The van der Waals surface area contributed by atoms with Crippen LogP contribution < -0.4 is 5.32 Å². The highest BCUT2D eigenvalue weighted by Crippen LogP contribution is 2.38. The number of fused-ring (bicyclic) bond motifs is 1. The molecule has 1 N–H and O–H groups in total. The van der Waals surface area contributed by atoms with Gasteiger partial charge in [0.05, 0.1) is 6.26 Å². The molecule has 4 aliphatic rings. The van der Waals surface area contributed by atoms with Gasteiger partial charge in [0.2, 0.25) is 0 Å². The number of likely N-dealkylation sites (tertiary alicyclic amines) is 2. The Labute approximate surface area is 169 Å². The lowest BCUT2D eigenvalue weighted by Gasteiger charge is -2.48. The molecule has 4 fully saturated rings. The van der Waals surface area contributed by atoms with Crippen molar-refractivity contribution < 1.29 is 4.42 Å². The van der Waals surface area contributed by atoms with Crippen molar-refractivity contribution in [2.24, 2.45) is 10.9 Å². The minimum absolute atomic E-state index is 0.620. The summed E-state index contributed by atoms with van der Waals surface area (Å²) in [5, 5.41) is 3.84. The van der Waals surface area contributed by atoms with Crippen molar-refractivity contribution in [1.82, 2.24) is 15.1 Å². The maximum Gasteiger partial charge on any atom is 0.194 e. The molecule has 3 heterocycles. The number of nitrogens with zero attached hydrogens (tertiary/aromatic N) is 3. The zero-order chi connectivity index (χ0) is 18.8. The van der Waals surface area contributed by atoms with E-state index >= 15 is 0 Å². The van der Waals surface area contributed by atoms with Gasteiger partial charge in [-0.25, -0.2) is 0 Å². The van der Waals surface area contributed by atoms with Crippen LogP contribution >= 0.6 is 0 Å². The Balaban J connectivity index is 1.24. The molecule has 0 radical (unpaired) electrons. The molecule has 0 spiro atoms. The van der Waals surface area contributed by atoms with E-state index in [4.69, 9.17) is 9.41 Å². The van der Waals surface area contributed by atoms with Crippen LogP contribution in [0.3, 0.4) is 0 Å². The molecule has 2 aliphatic carbocycles. The average Bonchev–Trinajstić information content (AvgIpc) is 3.19. The maximum atomic E-state index is 5.50. The summed E-state index contributed by atoms with van der Waals surface area (Å²) in [5.74, 6) is 3.03. The predicted octanol–water partition coefficient (Wildman–Crippen LogP) is 3.66. The first-order chi connectivity index (χ1) is 13.9. The SMILES string of the molecule is c1coc(CCN=C(NC2CCCC2)N2CCC3C(CCCN3C3CC3)C2)c1. The van der Waals surface area contributed by atoms with Crippen LogP contribution in [0.5, 0.6) is 0 Å². The smallest absolute Gasteiger partial charge is 0.194 e. The van der Waals surface area contributed by atoms with E-state index in [2.05, 4.69) is 21.2 Å². The van der Waals surface area contributed by atoms with Gasteiger partial charge in [0.15, 0.2) is 5.96 Å². The summed E-state index contributed by atoms with van der Waals surface area (Å²) >= 11 is 0. The number of piperidine rings is 2. The second-order valence-corrected chi connectivity index (χ2v) is 9.33. The summed E-state index contributed by atoms with van der Waals surface area (Å²) in [5.41, 5.74) is 0. The van der Waals surface area contributed by atoms with E-state index in [9.17, 15) is 0 Å². The van der Waals surface area contributed by atoms with Gasteiger partial charge in [0.25, 0.3) is 0 Å². The van der Waals surface area contributed by atoms with Crippen LogP contribution in [0.15, 0.2) is 27.8 Å². The topological polar surface area (TPSA) is 44.0 Å². The minimum Gasteiger partial charge on any atom is -0.469 e. The third-order valence-electron chi connectivity index (χ3n) is 7.31. The van der Waals surface area contributed by atoms with E-state index in [0.29, 0.717) is 6.04 Å². The lowest BCUT2D eigenvalue weighted by Crippen LogP contribution is -2.58. The molecule has 2 saturated carbocycles. The van der Waals surface area contributed by atoms with Gasteiger partial charge in [0, 0.05) is 44.2 Å². The number of furan rings is 1. The summed E-state index contributed by atoms with van der Waals surface area (Å²) in [4.78, 5) is 10.5. The number of hydrogen-bond donors (Lipinski definition) is 1. The Morgan fingerprint density at radius 2 is 1.96 bits per heavy atom. The molecule has 5 rings (SSSR count). The van der Waals surface area contributed by atoms with E-state index in [1.807, 2.05) is 6.07 Å². The molecule has 2 saturated heterocycles. The van der Waals surface area contributed by atoms with E-state index < -0.39 is 0 Å². The van der Waals surface area contributed by atoms with Crippen LogP contribution in [-0.4, -0.2) is 60.1 Å². The van der Waals surface area contributed by atoms with Crippen molar-refractivity contribution >= 4 is 5.96 Å². The first-order valence-electron chi connectivity index (χ1n) is 11.7. The van der Waals surface area contributed by atoms with Crippen LogP contribution in [-0.2, 0) is 6.42 Å². The van der Waals surface area contributed by atoms with Gasteiger partial charge in [-0.05, 0) is 69.5 Å². The third kappa shape index (κ3) is 4.24. The minimum atomic E-state index is 0.620. The Morgan fingerprint density at radius 1 is 1.07 bits per heavy atom. The van der Waals surface area contributed by atoms with Gasteiger partial charge in [-0.2, -0.15) is 0 Å². The van der Waals surface area contributed by atoms with Gasteiger partial charge < -0.3 is 14.6 Å². The fraction of sp³-hybridized carbons (Fsp3) is 0.783. The van der Waals surface area contributed by atoms with Crippen molar-refractivity contribution in [2.75, 3.05) is 26.2 Å². The van der Waals surface area contributed by atoms with E-state index in [1.54, 1.807) is 6.26 Å². The molecule has 28 heavy (non-hydrogen) atoms. The number of nitrogens with one attached hydrogen (secondary N) is 1. The molecule has 0 aromatic carbocycles. The first kappa shape index (κ1) is 18.5. The van der Waals surface area contributed by atoms with Crippen molar-refractivity contribution in [2.45, 2.75) is 82.3 Å². The average molecular weight is 385 g/mol. The Morgan fingerprint density at radius 3 is 2.75 bits per heavy atom. The second-order valence-electron chi connectivity index (χ2n) is 9.33. The highest BCUT2D eigenvalue weighted by molar-refractivity contribution is 5.80. The van der Waals surface area contributed by atoms with E-state index in [1.165, 1.54) is 76.8 Å². The monoisotopic (exact) mass is 384 g/mol. The van der Waals surface area contributed by atoms with Crippen LogP contribution in [0.25, 0.3) is 0 Å². The zero-order valence-corrected chi connectivity index (χ0v) is 17.2. The van der Waals surface area contributed by atoms with Crippen molar-refractivity contribution in [3.8, 4) is 0 Å². The van der Waals surface area contributed by atoms with Crippen molar-refractivity contribution in [1.29, 1.82) is 0 Å². The van der Waals surface area contributed by atoms with E-state index in [-0.39, 0.29) is 0 Å². The summed E-state index contributed by atoms with van der Waals surface area (Å²) in [7, 11) is 0. The van der Waals surface area contributed by atoms with Crippen molar-refractivity contribution in [3.63, 3.8) is 0 Å². The highest BCUT2D eigenvalue weighted by atomic mass is 16.3. The molecule has 0 bridgehead atoms. The molecule has 5 heteroatoms. The van der Waals surface area contributed by atoms with Crippen LogP contribution in [0.1, 0.15) is 63.5 Å². The predicted molar refractivity (Wildman–Crippen MR) is 113 cm³/mol. The molecule has 5 nitrogen and oxygen atoms in total. The van der Waals surface area contributed by atoms with Gasteiger partial charge >= 0.3 is 0 Å². The highest BCUT2D eigenvalue weighted by Gasteiger charge is 2.42.